The molecule has 110 valence electrons. The number of aromatic nitrogens is 2. The summed E-state index contributed by atoms with van der Waals surface area (Å²) in [5.74, 6) is -0.323. The van der Waals surface area contributed by atoms with Gasteiger partial charge in [0.25, 0.3) is 0 Å². The van der Waals surface area contributed by atoms with Crippen LogP contribution in [0, 0.1) is 0 Å². The molecule has 3 aromatic rings. The zero-order valence-electron chi connectivity index (χ0n) is 11.7. The van der Waals surface area contributed by atoms with Gasteiger partial charge >= 0.3 is 5.97 Å². The summed E-state index contributed by atoms with van der Waals surface area (Å²) < 4.78 is 5.75. The van der Waals surface area contributed by atoms with E-state index in [1.807, 2.05) is 54.6 Å². The van der Waals surface area contributed by atoms with Crippen molar-refractivity contribution in [3.63, 3.8) is 0 Å². The highest BCUT2D eigenvalue weighted by Gasteiger charge is 2.09. The summed E-state index contributed by atoms with van der Waals surface area (Å²) in [4.78, 5) is 10.9. The maximum absolute atomic E-state index is 10.9. The minimum atomic E-state index is -1.03. The second kappa shape index (κ2) is 6.13. The number of hydrogen-bond donors (Lipinski definition) is 2. The Kier molecular flexibility index (Phi) is 3.87. The second-order valence-corrected chi connectivity index (χ2v) is 4.77. The van der Waals surface area contributed by atoms with E-state index in [0.717, 1.165) is 11.1 Å². The van der Waals surface area contributed by atoms with E-state index >= 15 is 0 Å². The fourth-order valence-corrected chi connectivity index (χ4v) is 2.07. The number of carbonyl (C=O) groups is 1. The lowest BCUT2D eigenvalue weighted by atomic mass is 10.1. The first kappa shape index (κ1) is 13.9. The molecule has 2 aromatic carbocycles. The fourth-order valence-electron chi connectivity index (χ4n) is 2.07. The molecule has 0 atom stereocenters. The SMILES string of the molecule is O=C(O)c1cc(-c2cccc(OCc3ccccc3)c2)n[nH]1. The third-order valence-corrected chi connectivity index (χ3v) is 3.19. The van der Waals surface area contributed by atoms with Crippen LogP contribution in [-0.2, 0) is 6.61 Å². The first-order valence-corrected chi connectivity index (χ1v) is 6.78. The van der Waals surface area contributed by atoms with E-state index in [9.17, 15) is 4.79 Å². The lowest BCUT2D eigenvalue weighted by molar-refractivity contribution is 0.0690. The van der Waals surface area contributed by atoms with Gasteiger partial charge in [0.2, 0.25) is 0 Å². The van der Waals surface area contributed by atoms with Gasteiger partial charge in [0.05, 0.1) is 5.69 Å². The molecule has 5 nitrogen and oxygen atoms in total. The van der Waals surface area contributed by atoms with E-state index in [0.29, 0.717) is 18.1 Å². The van der Waals surface area contributed by atoms with Crippen LogP contribution in [0.1, 0.15) is 16.1 Å². The van der Waals surface area contributed by atoms with E-state index < -0.39 is 5.97 Å². The first-order valence-electron chi connectivity index (χ1n) is 6.78. The summed E-state index contributed by atoms with van der Waals surface area (Å²) in [7, 11) is 0. The Morgan fingerprint density at radius 2 is 1.91 bits per heavy atom. The van der Waals surface area contributed by atoms with Crippen LogP contribution in [-0.4, -0.2) is 21.3 Å². The van der Waals surface area contributed by atoms with Crippen LogP contribution >= 0.6 is 0 Å². The number of H-pyrrole nitrogens is 1. The highest BCUT2D eigenvalue weighted by atomic mass is 16.5. The van der Waals surface area contributed by atoms with Crippen molar-refractivity contribution < 1.29 is 14.6 Å². The van der Waals surface area contributed by atoms with Crippen molar-refractivity contribution >= 4 is 5.97 Å². The summed E-state index contributed by atoms with van der Waals surface area (Å²) in [5.41, 5.74) is 2.52. The van der Waals surface area contributed by atoms with Gasteiger partial charge < -0.3 is 9.84 Å². The van der Waals surface area contributed by atoms with Crippen molar-refractivity contribution in [2.75, 3.05) is 0 Å². The van der Waals surface area contributed by atoms with E-state index in [-0.39, 0.29) is 5.69 Å². The number of hydrogen-bond acceptors (Lipinski definition) is 3. The van der Waals surface area contributed by atoms with Crippen LogP contribution in [0.25, 0.3) is 11.3 Å². The zero-order chi connectivity index (χ0) is 15.4. The highest BCUT2D eigenvalue weighted by Crippen LogP contribution is 2.23. The van der Waals surface area contributed by atoms with Crippen LogP contribution in [0.2, 0.25) is 0 Å². The molecule has 0 fully saturated rings. The van der Waals surface area contributed by atoms with Gasteiger partial charge in [-0.2, -0.15) is 5.10 Å². The molecule has 5 heteroatoms. The molecule has 0 aliphatic carbocycles. The molecule has 0 unspecified atom stereocenters. The molecular formula is C17H14N2O3. The van der Waals surface area contributed by atoms with Crippen molar-refractivity contribution in [3.8, 4) is 17.0 Å². The Morgan fingerprint density at radius 3 is 2.64 bits per heavy atom. The smallest absolute Gasteiger partial charge is 0.353 e. The number of benzene rings is 2. The van der Waals surface area contributed by atoms with Crippen molar-refractivity contribution in [2.45, 2.75) is 6.61 Å². The lowest BCUT2D eigenvalue weighted by Crippen LogP contribution is -1.95. The van der Waals surface area contributed by atoms with Crippen LogP contribution < -0.4 is 4.74 Å². The number of nitrogens with zero attached hydrogens (tertiary/aromatic N) is 1. The normalized spacial score (nSPS) is 10.4. The average Bonchev–Trinajstić information content (AvgIpc) is 3.05. The maximum atomic E-state index is 10.9. The van der Waals surface area contributed by atoms with Gasteiger partial charge in [-0.3, -0.25) is 5.10 Å². The van der Waals surface area contributed by atoms with Gasteiger partial charge in [0, 0.05) is 5.56 Å². The third-order valence-electron chi connectivity index (χ3n) is 3.19. The largest absolute Gasteiger partial charge is 0.489 e. The molecule has 0 spiro atoms. The van der Waals surface area contributed by atoms with E-state index in [2.05, 4.69) is 10.2 Å². The number of aromatic amines is 1. The van der Waals surface area contributed by atoms with Gasteiger partial charge in [0.15, 0.2) is 0 Å². The van der Waals surface area contributed by atoms with Crippen LogP contribution in [0.15, 0.2) is 60.7 Å². The van der Waals surface area contributed by atoms with Crippen LogP contribution in [0.3, 0.4) is 0 Å². The average molecular weight is 294 g/mol. The molecule has 22 heavy (non-hydrogen) atoms. The minimum absolute atomic E-state index is 0.0607. The van der Waals surface area contributed by atoms with E-state index in [4.69, 9.17) is 9.84 Å². The molecule has 1 aromatic heterocycles. The molecule has 0 radical (unpaired) electrons. The third kappa shape index (κ3) is 3.15. The Hall–Kier alpha value is -3.08. The molecule has 2 N–H and O–H groups in total. The number of carboxylic acid groups (broad SMARTS) is 1. The standard InChI is InChI=1S/C17H14N2O3/c20-17(21)16-10-15(18-19-16)13-7-4-8-14(9-13)22-11-12-5-2-1-3-6-12/h1-10H,11H2,(H,18,19)(H,20,21). The summed E-state index contributed by atoms with van der Waals surface area (Å²) in [6.07, 6.45) is 0. The van der Waals surface area contributed by atoms with Crippen molar-refractivity contribution in [2.24, 2.45) is 0 Å². The van der Waals surface area contributed by atoms with E-state index in [1.54, 1.807) is 0 Å². The van der Waals surface area contributed by atoms with Gasteiger partial charge in [-0.25, -0.2) is 4.79 Å². The van der Waals surface area contributed by atoms with Crippen molar-refractivity contribution in [1.29, 1.82) is 0 Å². The van der Waals surface area contributed by atoms with Crippen LogP contribution in [0.5, 0.6) is 5.75 Å². The topological polar surface area (TPSA) is 75.2 Å². The second-order valence-electron chi connectivity index (χ2n) is 4.77. The molecule has 0 amide bonds. The Balaban J connectivity index is 1.75. The number of carboxylic acids is 1. The van der Waals surface area contributed by atoms with Crippen LogP contribution in [0.4, 0.5) is 0 Å². The summed E-state index contributed by atoms with van der Waals surface area (Å²) in [5, 5.41) is 15.4. The van der Waals surface area contributed by atoms with E-state index in [1.165, 1.54) is 6.07 Å². The predicted molar refractivity (Wildman–Crippen MR) is 81.8 cm³/mol. The van der Waals surface area contributed by atoms with Crippen molar-refractivity contribution in [3.05, 3.63) is 71.9 Å². The quantitative estimate of drug-likeness (QED) is 0.756. The van der Waals surface area contributed by atoms with Gasteiger partial charge in [-0.05, 0) is 23.8 Å². The Bertz CT molecular complexity index is 781. The molecule has 1 heterocycles. The van der Waals surface area contributed by atoms with Gasteiger partial charge in [-0.15, -0.1) is 0 Å². The first-order chi connectivity index (χ1) is 10.7. The monoisotopic (exact) mass is 294 g/mol. The maximum Gasteiger partial charge on any atom is 0.353 e. The number of rotatable bonds is 5. The summed E-state index contributed by atoms with van der Waals surface area (Å²) in [6.45, 7) is 0.477. The number of ether oxygens (including phenoxy) is 1. The van der Waals surface area contributed by atoms with Crippen molar-refractivity contribution in [1.82, 2.24) is 10.2 Å². The Labute approximate surface area is 127 Å². The minimum Gasteiger partial charge on any atom is -0.489 e. The predicted octanol–water partition coefficient (Wildman–Crippen LogP) is 3.35. The summed E-state index contributed by atoms with van der Waals surface area (Å²) >= 11 is 0. The number of aromatic carboxylic acids is 1. The molecule has 0 saturated heterocycles. The number of nitrogens with one attached hydrogen (secondary N) is 1. The Morgan fingerprint density at radius 1 is 1.09 bits per heavy atom. The fraction of sp³-hybridized carbons (Fsp3) is 0.0588. The van der Waals surface area contributed by atoms with Gasteiger partial charge in [0.1, 0.15) is 18.1 Å². The lowest BCUT2D eigenvalue weighted by Gasteiger charge is -2.07. The molecule has 0 aliphatic rings. The van der Waals surface area contributed by atoms with Gasteiger partial charge in [-0.1, -0.05) is 42.5 Å². The molecular weight excluding hydrogens is 280 g/mol. The zero-order valence-corrected chi connectivity index (χ0v) is 11.7. The molecule has 0 aliphatic heterocycles. The highest BCUT2D eigenvalue weighted by molar-refractivity contribution is 5.86. The summed E-state index contributed by atoms with van der Waals surface area (Å²) in [6, 6.07) is 18.8. The molecule has 0 bridgehead atoms. The molecule has 3 rings (SSSR count). The molecule has 0 saturated carbocycles.